The maximum absolute atomic E-state index is 12.2. The minimum absolute atomic E-state index is 0.276. The zero-order valence-corrected chi connectivity index (χ0v) is 13.4. The van der Waals surface area contributed by atoms with Gasteiger partial charge in [-0.2, -0.15) is 0 Å². The monoisotopic (exact) mass is 339 g/mol. The normalized spacial score (nSPS) is 10.2. The quantitative estimate of drug-likeness (QED) is 0.746. The van der Waals surface area contributed by atoms with Crippen LogP contribution in [0, 0.1) is 0 Å². The smallest absolute Gasteiger partial charge is 0.270 e. The van der Waals surface area contributed by atoms with Crippen molar-refractivity contribution in [1.82, 2.24) is 20.3 Å². The van der Waals surface area contributed by atoms with Crippen molar-refractivity contribution in [3.05, 3.63) is 77.5 Å². The Morgan fingerprint density at radius 2 is 2.04 bits per heavy atom. The number of benzene rings is 1. The van der Waals surface area contributed by atoms with E-state index < -0.39 is 0 Å². The fraction of sp³-hybridized carbons (Fsp3) is 0.0588. The van der Waals surface area contributed by atoms with Crippen molar-refractivity contribution >= 4 is 29.0 Å². The molecule has 0 aliphatic carbocycles. The lowest BCUT2D eigenvalue weighted by molar-refractivity contribution is 0.0946. The number of carbonyl (C=O) groups is 1. The third kappa shape index (κ3) is 4.27. The summed E-state index contributed by atoms with van der Waals surface area (Å²) in [5.41, 5.74) is 1.97. The number of amides is 1. The summed E-state index contributed by atoms with van der Waals surface area (Å²) in [6, 6.07) is 12.5. The van der Waals surface area contributed by atoms with Crippen LogP contribution in [0.3, 0.4) is 0 Å². The van der Waals surface area contributed by atoms with Crippen LogP contribution in [-0.4, -0.2) is 20.9 Å². The summed E-state index contributed by atoms with van der Waals surface area (Å²) in [6.45, 7) is 0.383. The van der Waals surface area contributed by atoms with Crippen molar-refractivity contribution < 1.29 is 4.79 Å². The van der Waals surface area contributed by atoms with Gasteiger partial charge in [0.05, 0.1) is 0 Å². The minimum atomic E-state index is -0.282. The highest BCUT2D eigenvalue weighted by Crippen LogP contribution is 2.18. The van der Waals surface area contributed by atoms with Gasteiger partial charge in [-0.3, -0.25) is 9.78 Å². The van der Waals surface area contributed by atoms with Crippen molar-refractivity contribution in [3.8, 4) is 0 Å². The summed E-state index contributed by atoms with van der Waals surface area (Å²) in [6.07, 6.45) is 4.72. The summed E-state index contributed by atoms with van der Waals surface area (Å²) in [5.74, 6) is 0.231. The molecule has 24 heavy (non-hydrogen) atoms. The van der Waals surface area contributed by atoms with Gasteiger partial charge in [-0.15, -0.1) is 0 Å². The molecule has 0 aliphatic heterocycles. The van der Waals surface area contributed by atoms with E-state index >= 15 is 0 Å². The highest BCUT2D eigenvalue weighted by atomic mass is 35.5. The molecule has 0 saturated carbocycles. The lowest BCUT2D eigenvalue weighted by Gasteiger charge is -2.08. The number of anilines is 2. The molecule has 2 aromatic heterocycles. The van der Waals surface area contributed by atoms with Gasteiger partial charge in [0.15, 0.2) is 0 Å². The van der Waals surface area contributed by atoms with E-state index in [4.69, 9.17) is 11.6 Å². The first-order valence-electron chi connectivity index (χ1n) is 7.22. The lowest BCUT2D eigenvalue weighted by Crippen LogP contribution is -2.24. The largest absolute Gasteiger partial charge is 0.347 e. The van der Waals surface area contributed by atoms with E-state index in [0.717, 1.165) is 11.3 Å². The fourth-order valence-corrected chi connectivity index (χ4v) is 2.23. The zero-order valence-electron chi connectivity index (χ0n) is 12.6. The molecule has 0 atom stereocenters. The third-order valence-corrected chi connectivity index (χ3v) is 3.41. The fourth-order valence-electron chi connectivity index (χ4n) is 2.04. The maximum atomic E-state index is 12.2. The van der Waals surface area contributed by atoms with Crippen molar-refractivity contribution in [1.29, 1.82) is 0 Å². The average Bonchev–Trinajstić information content (AvgIpc) is 2.61. The van der Waals surface area contributed by atoms with Crippen LogP contribution in [0.5, 0.6) is 0 Å². The molecule has 0 aliphatic rings. The molecule has 1 amide bonds. The molecule has 120 valence electrons. The summed E-state index contributed by atoms with van der Waals surface area (Å²) < 4.78 is 0. The Bertz CT molecular complexity index is 841. The predicted octanol–water partition coefficient (Wildman–Crippen LogP) is 3.20. The number of aromatic nitrogens is 3. The SMILES string of the molecule is O=C(NCc1cccnc1)c1cc(Nc2cccc(Cl)c2)ncn1. The summed E-state index contributed by atoms with van der Waals surface area (Å²) in [5, 5.41) is 6.50. The van der Waals surface area contributed by atoms with Gasteiger partial charge in [-0.25, -0.2) is 9.97 Å². The Hall–Kier alpha value is -2.99. The average molecular weight is 340 g/mol. The van der Waals surface area contributed by atoms with E-state index in [1.54, 1.807) is 30.6 Å². The molecule has 0 spiro atoms. The Morgan fingerprint density at radius 3 is 2.83 bits per heavy atom. The van der Waals surface area contributed by atoms with Crippen molar-refractivity contribution in [2.24, 2.45) is 0 Å². The van der Waals surface area contributed by atoms with Crippen molar-refractivity contribution in [3.63, 3.8) is 0 Å². The van der Waals surface area contributed by atoms with Gasteiger partial charge < -0.3 is 10.6 Å². The first kappa shape index (κ1) is 15.9. The highest BCUT2D eigenvalue weighted by molar-refractivity contribution is 6.30. The summed E-state index contributed by atoms with van der Waals surface area (Å²) in [7, 11) is 0. The van der Waals surface area contributed by atoms with Crippen LogP contribution in [0.25, 0.3) is 0 Å². The number of hydrogen-bond acceptors (Lipinski definition) is 5. The topological polar surface area (TPSA) is 79.8 Å². The van der Waals surface area contributed by atoms with Crippen molar-refractivity contribution in [2.45, 2.75) is 6.54 Å². The van der Waals surface area contributed by atoms with Gasteiger partial charge in [0.1, 0.15) is 17.8 Å². The molecule has 0 fully saturated rings. The minimum Gasteiger partial charge on any atom is -0.347 e. The van der Waals surface area contributed by atoms with Crippen LogP contribution in [0.4, 0.5) is 11.5 Å². The van der Waals surface area contributed by atoms with Gasteiger partial charge in [0, 0.05) is 35.7 Å². The second kappa shape index (κ2) is 7.52. The lowest BCUT2D eigenvalue weighted by atomic mass is 10.2. The Morgan fingerprint density at radius 1 is 1.12 bits per heavy atom. The van der Waals surface area contributed by atoms with E-state index in [1.165, 1.54) is 6.33 Å². The Balaban J connectivity index is 1.67. The molecule has 2 heterocycles. The molecular formula is C17H14ClN5O. The number of halogens is 1. The summed E-state index contributed by atoms with van der Waals surface area (Å²) in [4.78, 5) is 24.3. The molecule has 7 heteroatoms. The molecule has 0 radical (unpaired) electrons. The highest BCUT2D eigenvalue weighted by Gasteiger charge is 2.09. The van der Waals surface area contributed by atoms with E-state index in [-0.39, 0.29) is 11.6 Å². The first-order chi connectivity index (χ1) is 11.7. The van der Waals surface area contributed by atoms with Gasteiger partial charge >= 0.3 is 0 Å². The van der Waals surface area contributed by atoms with E-state index in [1.807, 2.05) is 24.3 Å². The van der Waals surface area contributed by atoms with Crippen LogP contribution < -0.4 is 10.6 Å². The molecule has 2 N–H and O–H groups in total. The molecule has 1 aromatic carbocycles. The molecule has 0 saturated heterocycles. The number of nitrogens with one attached hydrogen (secondary N) is 2. The van der Waals surface area contributed by atoms with Gasteiger partial charge in [0.25, 0.3) is 5.91 Å². The van der Waals surface area contributed by atoms with Crippen LogP contribution in [0.2, 0.25) is 5.02 Å². The van der Waals surface area contributed by atoms with E-state index in [2.05, 4.69) is 25.6 Å². The Kier molecular flexibility index (Phi) is 4.98. The predicted molar refractivity (Wildman–Crippen MR) is 92.2 cm³/mol. The number of hydrogen-bond donors (Lipinski definition) is 2. The van der Waals surface area contributed by atoms with Gasteiger partial charge in [-0.05, 0) is 29.8 Å². The molecular weight excluding hydrogens is 326 g/mol. The molecule has 3 aromatic rings. The van der Waals surface area contributed by atoms with Crippen LogP contribution in [0.15, 0.2) is 61.2 Å². The third-order valence-electron chi connectivity index (χ3n) is 3.17. The van der Waals surface area contributed by atoms with Crippen LogP contribution in [0.1, 0.15) is 16.1 Å². The number of rotatable bonds is 5. The zero-order chi connectivity index (χ0) is 16.8. The number of pyridine rings is 1. The van der Waals surface area contributed by atoms with Crippen LogP contribution in [-0.2, 0) is 6.54 Å². The number of carbonyl (C=O) groups excluding carboxylic acids is 1. The Labute approximate surface area is 143 Å². The molecule has 0 bridgehead atoms. The molecule has 6 nitrogen and oxygen atoms in total. The number of nitrogens with zero attached hydrogens (tertiary/aromatic N) is 3. The van der Waals surface area contributed by atoms with Crippen LogP contribution >= 0.6 is 11.6 Å². The van der Waals surface area contributed by atoms with Gasteiger partial charge in [0.2, 0.25) is 0 Å². The second-order valence-corrected chi connectivity index (χ2v) is 5.40. The van der Waals surface area contributed by atoms with Crippen molar-refractivity contribution in [2.75, 3.05) is 5.32 Å². The van der Waals surface area contributed by atoms with E-state index in [9.17, 15) is 4.79 Å². The second-order valence-electron chi connectivity index (χ2n) is 4.97. The maximum Gasteiger partial charge on any atom is 0.270 e. The standard InChI is InChI=1S/C17H14ClN5O/c18-13-4-1-5-14(7-13)23-16-8-15(21-11-22-16)17(24)20-10-12-3-2-6-19-9-12/h1-9,11H,10H2,(H,20,24)(H,21,22,23). The molecule has 3 rings (SSSR count). The summed E-state index contributed by atoms with van der Waals surface area (Å²) >= 11 is 5.95. The first-order valence-corrected chi connectivity index (χ1v) is 7.60. The van der Waals surface area contributed by atoms with Gasteiger partial charge in [-0.1, -0.05) is 23.7 Å². The molecule has 0 unspecified atom stereocenters. The van der Waals surface area contributed by atoms with E-state index in [0.29, 0.717) is 17.4 Å².